The van der Waals surface area contributed by atoms with Crippen molar-refractivity contribution >= 4 is 0 Å². The van der Waals surface area contributed by atoms with E-state index in [1.165, 1.54) is 11.1 Å². The van der Waals surface area contributed by atoms with E-state index >= 15 is 0 Å². The minimum absolute atomic E-state index is 0.232. The van der Waals surface area contributed by atoms with Crippen LogP contribution < -0.4 is 5.32 Å². The first kappa shape index (κ1) is 10.2. The van der Waals surface area contributed by atoms with Crippen molar-refractivity contribution in [2.75, 3.05) is 13.2 Å². The monoisotopic (exact) mass is 181 g/mol. The van der Waals surface area contributed by atoms with Gasteiger partial charge < -0.3 is 5.32 Å². The Morgan fingerprint density at radius 3 is 2.85 bits per heavy atom. The van der Waals surface area contributed by atoms with E-state index in [0.29, 0.717) is 6.54 Å². The second-order valence-electron chi connectivity index (χ2n) is 3.28. The molecule has 0 unspecified atom stereocenters. The summed E-state index contributed by atoms with van der Waals surface area (Å²) in [7, 11) is 0. The van der Waals surface area contributed by atoms with Crippen LogP contribution in [0.2, 0.25) is 0 Å². The van der Waals surface area contributed by atoms with Crippen molar-refractivity contribution in [2.45, 2.75) is 19.9 Å². The first-order valence-electron chi connectivity index (χ1n) is 4.60. The fraction of sp³-hybridized carbons (Fsp3) is 0.455. The SMILES string of the molecule is Cc1cccc([C@@H](C)NCCF)c1. The van der Waals surface area contributed by atoms with Gasteiger partial charge >= 0.3 is 0 Å². The molecule has 0 amide bonds. The summed E-state index contributed by atoms with van der Waals surface area (Å²) in [5, 5.41) is 3.10. The second-order valence-corrected chi connectivity index (χ2v) is 3.28. The molecule has 1 rings (SSSR count). The average molecular weight is 181 g/mol. The van der Waals surface area contributed by atoms with Gasteiger partial charge in [0.2, 0.25) is 0 Å². The van der Waals surface area contributed by atoms with Crippen LogP contribution in [0.4, 0.5) is 4.39 Å². The highest BCUT2D eigenvalue weighted by Gasteiger charge is 2.02. The number of rotatable bonds is 4. The van der Waals surface area contributed by atoms with Crippen molar-refractivity contribution in [3.05, 3.63) is 35.4 Å². The van der Waals surface area contributed by atoms with Crippen molar-refractivity contribution in [3.63, 3.8) is 0 Å². The molecular formula is C11H16FN. The third kappa shape index (κ3) is 3.15. The van der Waals surface area contributed by atoms with Gasteiger partial charge in [-0.1, -0.05) is 29.8 Å². The molecule has 0 radical (unpaired) electrons. The minimum Gasteiger partial charge on any atom is -0.308 e. The average Bonchev–Trinajstić information content (AvgIpc) is 2.14. The van der Waals surface area contributed by atoms with Gasteiger partial charge in [0, 0.05) is 12.6 Å². The summed E-state index contributed by atoms with van der Waals surface area (Å²) in [6.45, 7) is 4.22. The number of hydrogen-bond acceptors (Lipinski definition) is 1. The molecule has 0 aromatic heterocycles. The summed E-state index contributed by atoms with van der Waals surface area (Å²) >= 11 is 0. The van der Waals surface area contributed by atoms with E-state index in [1.54, 1.807) is 0 Å². The lowest BCUT2D eigenvalue weighted by Crippen LogP contribution is -2.20. The van der Waals surface area contributed by atoms with E-state index in [2.05, 4.69) is 30.4 Å². The van der Waals surface area contributed by atoms with E-state index in [4.69, 9.17) is 0 Å². The topological polar surface area (TPSA) is 12.0 Å². The largest absolute Gasteiger partial charge is 0.308 e. The lowest BCUT2D eigenvalue weighted by atomic mass is 10.1. The van der Waals surface area contributed by atoms with Crippen LogP contribution >= 0.6 is 0 Å². The van der Waals surface area contributed by atoms with E-state index in [-0.39, 0.29) is 12.7 Å². The maximum Gasteiger partial charge on any atom is 0.102 e. The highest BCUT2D eigenvalue weighted by atomic mass is 19.1. The minimum atomic E-state index is -0.309. The molecule has 0 saturated carbocycles. The zero-order chi connectivity index (χ0) is 9.68. The zero-order valence-corrected chi connectivity index (χ0v) is 8.18. The molecule has 1 aromatic carbocycles. The van der Waals surface area contributed by atoms with Gasteiger partial charge in [-0.3, -0.25) is 0 Å². The number of hydrogen-bond donors (Lipinski definition) is 1. The fourth-order valence-corrected chi connectivity index (χ4v) is 1.33. The third-order valence-corrected chi connectivity index (χ3v) is 2.09. The summed E-state index contributed by atoms with van der Waals surface area (Å²) in [4.78, 5) is 0. The van der Waals surface area contributed by atoms with E-state index in [9.17, 15) is 4.39 Å². The number of halogens is 1. The standard InChI is InChI=1S/C11H16FN/c1-9-4-3-5-11(8-9)10(2)13-7-6-12/h3-5,8,10,13H,6-7H2,1-2H3/t10-/m1/s1. The molecule has 0 saturated heterocycles. The molecule has 72 valence electrons. The highest BCUT2D eigenvalue weighted by Crippen LogP contribution is 2.12. The molecule has 0 bridgehead atoms. The normalized spacial score (nSPS) is 12.8. The third-order valence-electron chi connectivity index (χ3n) is 2.09. The van der Waals surface area contributed by atoms with Crippen LogP contribution in [0.1, 0.15) is 24.1 Å². The molecule has 13 heavy (non-hydrogen) atoms. The van der Waals surface area contributed by atoms with Crippen LogP contribution in [0, 0.1) is 6.92 Å². The maximum absolute atomic E-state index is 11.9. The highest BCUT2D eigenvalue weighted by molar-refractivity contribution is 5.24. The van der Waals surface area contributed by atoms with Gasteiger partial charge in [0.1, 0.15) is 6.67 Å². The lowest BCUT2D eigenvalue weighted by molar-refractivity contribution is 0.444. The molecule has 1 N–H and O–H groups in total. The van der Waals surface area contributed by atoms with Gasteiger partial charge in [-0.25, -0.2) is 4.39 Å². The zero-order valence-electron chi connectivity index (χ0n) is 8.18. The number of alkyl halides is 1. The molecular weight excluding hydrogens is 165 g/mol. The summed E-state index contributed by atoms with van der Waals surface area (Å²) in [5.41, 5.74) is 2.46. The first-order valence-corrected chi connectivity index (χ1v) is 4.60. The van der Waals surface area contributed by atoms with Crippen molar-refractivity contribution in [1.29, 1.82) is 0 Å². The number of nitrogens with one attached hydrogen (secondary N) is 1. The Morgan fingerprint density at radius 2 is 2.23 bits per heavy atom. The van der Waals surface area contributed by atoms with Crippen molar-refractivity contribution < 1.29 is 4.39 Å². The van der Waals surface area contributed by atoms with Gasteiger partial charge in [-0.15, -0.1) is 0 Å². The van der Waals surface area contributed by atoms with Gasteiger partial charge in [0.05, 0.1) is 0 Å². The van der Waals surface area contributed by atoms with Crippen molar-refractivity contribution in [1.82, 2.24) is 5.32 Å². The first-order chi connectivity index (χ1) is 6.24. The molecule has 0 aliphatic carbocycles. The van der Waals surface area contributed by atoms with E-state index < -0.39 is 0 Å². The Morgan fingerprint density at radius 1 is 1.46 bits per heavy atom. The van der Waals surface area contributed by atoms with Crippen LogP contribution in [0.25, 0.3) is 0 Å². The predicted octanol–water partition coefficient (Wildman–Crippen LogP) is 2.62. The molecule has 2 heteroatoms. The van der Waals surface area contributed by atoms with Crippen LogP contribution in [-0.4, -0.2) is 13.2 Å². The summed E-state index contributed by atoms with van der Waals surface area (Å²) < 4.78 is 11.9. The quantitative estimate of drug-likeness (QED) is 0.753. The van der Waals surface area contributed by atoms with Gasteiger partial charge in [0.15, 0.2) is 0 Å². The molecule has 0 fully saturated rings. The Bertz CT molecular complexity index is 260. The van der Waals surface area contributed by atoms with E-state index in [1.807, 2.05) is 13.0 Å². The molecule has 0 spiro atoms. The van der Waals surface area contributed by atoms with Gasteiger partial charge in [-0.2, -0.15) is 0 Å². The second kappa shape index (κ2) is 4.97. The number of benzene rings is 1. The van der Waals surface area contributed by atoms with Crippen molar-refractivity contribution in [3.8, 4) is 0 Å². The van der Waals surface area contributed by atoms with Crippen LogP contribution in [0.15, 0.2) is 24.3 Å². The Balaban J connectivity index is 2.60. The van der Waals surface area contributed by atoms with Crippen LogP contribution in [0.3, 0.4) is 0 Å². The van der Waals surface area contributed by atoms with Crippen molar-refractivity contribution in [2.24, 2.45) is 0 Å². The number of aryl methyl sites for hydroxylation is 1. The molecule has 0 heterocycles. The Hall–Kier alpha value is -0.890. The van der Waals surface area contributed by atoms with Crippen LogP contribution in [-0.2, 0) is 0 Å². The lowest BCUT2D eigenvalue weighted by Gasteiger charge is -2.13. The van der Waals surface area contributed by atoms with Crippen LogP contribution in [0.5, 0.6) is 0 Å². The predicted molar refractivity (Wildman–Crippen MR) is 53.6 cm³/mol. The summed E-state index contributed by atoms with van der Waals surface area (Å²) in [6, 6.07) is 8.50. The molecule has 0 aliphatic rings. The molecule has 1 nitrogen and oxygen atoms in total. The summed E-state index contributed by atoms with van der Waals surface area (Å²) in [5.74, 6) is 0. The fourth-order valence-electron chi connectivity index (χ4n) is 1.33. The molecule has 0 aliphatic heterocycles. The molecule has 1 atom stereocenters. The van der Waals surface area contributed by atoms with Gasteiger partial charge in [0.25, 0.3) is 0 Å². The molecule has 1 aromatic rings. The smallest absolute Gasteiger partial charge is 0.102 e. The maximum atomic E-state index is 11.9. The Kier molecular flexibility index (Phi) is 3.90. The summed E-state index contributed by atoms with van der Waals surface area (Å²) in [6.07, 6.45) is 0. The Labute approximate surface area is 79.0 Å². The van der Waals surface area contributed by atoms with E-state index in [0.717, 1.165) is 0 Å². The van der Waals surface area contributed by atoms with Gasteiger partial charge in [-0.05, 0) is 19.4 Å².